The van der Waals surface area contributed by atoms with Gasteiger partial charge in [-0.25, -0.2) is 4.79 Å². The Labute approximate surface area is 102 Å². The number of hydrogen-bond donors (Lipinski definition) is 2. The molecule has 0 aliphatic rings. The normalized spacial score (nSPS) is 11.8. The van der Waals surface area contributed by atoms with Crippen LogP contribution < -0.4 is 5.32 Å². The van der Waals surface area contributed by atoms with Crippen molar-refractivity contribution in [3.8, 4) is 0 Å². The second-order valence-corrected chi connectivity index (χ2v) is 4.17. The maximum absolute atomic E-state index is 11.3. The molecule has 0 bridgehead atoms. The highest BCUT2D eigenvalue weighted by atomic mass is 79.9. The summed E-state index contributed by atoms with van der Waals surface area (Å²) in [6.45, 7) is 0. The van der Waals surface area contributed by atoms with E-state index in [9.17, 15) is 9.59 Å². The molecule has 0 saturated heterocycles. The summed E-state index contributed by atoms with van der Waals surface area (Å²) < 4.78 is 0. The largest absolute Gasteiger partial charge is 0.479 e. The van der Waals surface area contributed by atoms with Crippen molar-refractivity contribution in [2.45, 2.75) is 17.8 Å². The molecule has 16 heavy (non-hydrogen) atoms. The van der Waals surface area contributed by atoms with Gasteiger partial charge in [-0.05, 0) is 12.0 Å². The first-order chi connectivity index (χ1) is 7.59. The lowest BCUT2D eigenvalue weighted by atomic mass is 10.1. The zero-order chi connectivity index (χ0) is 12.0. The highest BCUT2D eigenvalue weighted by Crippen LogP contribution is 2.03. The quantitative estimate of drug-likeness (QED) is 0.637. The van der Waals surface area contributed by atoms with Crippen LogP contribution in [0.5, 0.6) is 0 Å². The van der Waals surface area contributed by atoms with E-state index in [1.165, 1.54) is 0 Å². The van der Waals surface area contributed by atoms with Crippen molar-refractivity contribution in [2.75, 3.05) is 0 Å². The van der Waals surface area contributed by atoms with Crippen LogP contribution in [-0.4, -0.2) is 21.9 Å². The maximum atomic E-state index is 11.3. The zero-order valence-corrected chi connectivity index (χ0v) is 10.1. The van der Waals surface area contributed by atoms with E-state index in [0.29, 0.717) is 6.42 Å². The molecule has 2 N–H and O–H groups in total. The summed E-state index contributed by atoms with van der Waals surface area (Å²) in [4.78, 5) is 20.8. The molecule has 0 aromatic heterocycles. The van der Waals surface area contributed by atoms with Crippen LogP contribution in [0, 0.1) is 0 Å². The second kappa shape index (κ2) is 6.27. The summed E-state index contributed by atoms with van der Waals surface area (Å²) in [5.74, 6) is -1.39. The molecule has 0 aliphatic carbocycles. The first-order valence-electron chi connectivity index (χ1n) is 4.80. The fourth-order valence-corrected chi connectivity index (χ4v) is 1.43. The molecular formula is C11H12BrNO3. The van der Waals surface area contributed by atoms with Gasteiger partial charge in [-0.2, -0.15) is 0 Å². The smallest absolute Gasteiger partial charge is 0.337 e. The summed E-state index contributed by atoms with van der Waals surface area (Å²) in [6.07, 6.45) is 0.880. The molecule has 1 aromatic rings. The van der Waals surface area contributed by atoms with Crippen LogP contribution in [-0.2, 0) is 16.0 Å². The van der Waals surface area contributed by atoms with Gasteiger partial charge in [0, 0.05) is 6.42 Å². The standard InChI is InChI=1S/C11H12BrNO3/c12-10(11(15)16)13-9(14)7-6-8-4-2-1-3-5-8/h1-5,10H,6-7H2,(H,13,14)(H,15,16)/t10-/m1/s1. The van der Waals surface area contributed by atoms with Crippen molar-refractivity contribution in [1.29, 1.82) is 0 Å². The number of benzene rings is 1. The minimum Gasteiger partial charge on any atom is -0.479 e. The minimum atomic E-state index is -1.10. The number of aliphatic carboxylic acids is 1. The van der Waals surface area contributed by atoms with Crippen LogP contribution >= 0.6 is 15.9 Å². The lowest BCUT2D eigenvalue weighted by Gasteiger charge is -2.07. The monoisotopic (exact) mass is 285 g/mol. The molecule has 1 atom stereocenters. The van der Waals surface area contributed by atoms with Gasteiger partial charge >= 0.3 is 5.97 Å². The minimum absolute atomic E-state index is 0.277. The molecule has 4 nitrogen and oxygen atoms in total. The van der Waals surface area contributed by atoms with Crippen molar-refractivity contribution in [1.82, 2.24) is 5.32 Å². The molecule has 86 valence electrons. The molecule has 0 heterocycles. The third kappa shape index (κ3) is 4.44. The topological polar surface area (TPSA) is 66.4 Å². The van der Waals surface area contributed by atoms with E-state index in [1.54, 1.807) is 0 Å². The Morgan fingerprint density at radius 1 is 1.31 bits per heavy atom. The van der Waals surface area contributed by atoms with Gasteiger partial charge in [-0.1, -0.05) is 46.3 Å². The number of amides is 1. The Hall–Kier alpha value is -1.36. The third-order valence-corrected chi connectivity index (χ3v) is 2.61. The van der Waals surface area contributed by atoms with Crippen molar-refractivity contribution in [3.05, 3.63) is 35.9 Å². The Balaban J connectivity index is 2.33. The van der Waals surface area contributed by atoms with Gasteiger partial charge in [0.25, 0.3) is 0 Å². The molecule has 5 heteroatoms. The molecular weight excluding hydrogens is 274 g/mol. The lowest BCUT2D eigenvalue weighted by Crippen LogP contribution is -2.36. The third-order valence-electron chi connectivity index (χ3n) is 1.99. The summed E-state index contributed by atoms with van der Waals surface area (Å²) in [5, 5.41) is 10.9. The number of carbonyl (C=O) groups is 2. The summed E-state index contributed by atoms with van der Waals surface area (Å²) in [6, 6.07) is 9.56. The van der Waals surface area contributed by atoms with E-state index in [-0.39, 0.29) is 12.3 Å². The Morgan fingerprint density at radius 3 is 2.50 bits per heavy atom. The van der Waals surface area contributed by atoms with Gasteiger partial charge in [0.15, 0.2) is 4.95 Å². The van der Waals surface area contributed by atoms with Crippen molar-refractivity contribution in [2.24, 2.45) is 0 Å². The average Bonchev–Trinajstić information content (AvgIpc) is 2.27. The number of halogens is 1. The van der Waals surface area contributed by atoms with E-state index in [2.05, 4.69) is 21.2 Å². The first-order valence-corrected chi connectivity index (χ1v) is 5.71. The Bertz CT molecular complexity index is 367. The van der Waals surface area contributed by atoms with Crippen LogP contribution in [0.4, 0.5) is 0 Å². The summed E-state index contributed by atoms with van der Waals surface area (Å²) in [7, 11) is 0. The fraction of sp³-hybridized carbons (Fsp3) is 0.273. The number of carboxylic acid groups (broad SMARTS) is 1. The maximum Gasteiger partial charge on any atom is 0.337 e. The molecule has 0 radical (unpaired) electrons. The molecule has 0 fully saturated rings. The lowest BCUT2D eigenvalue weighted by molar-refractivity contribution is -0.138. The molecule has 0 spiro atoms. The molecule has 0 unspecified atom stereocenters. The number of alkyl halides is 1. The van der Waals surface area contributed by atoms with Crippen molar-refractivity contribution < 1.29 is 14.7 Å². The predicted octanol–water partition coefficient (Wildman–Crippen LogP) is 1.54. The number of nitrogens with one attached hydrogen (secondary N) is 1. The highest BCUT2D eigenvalue weighted by molar-refractivity contribution is 9.10. The fourth-order valence-electron chi connectivity index (χ4n) is 1.18. The van der Waals surface area contributed by atoms with Crippen LogP contribution in [0.3, 0.4) is 0 Å². The van der Waals surface area contributed by atoms with Gasteiger partial charge < -0.3 is 10.4 Å². The van der Waals surface area contributed by atoms with Gasteiger partial charge in [-0.15, -0.1) is 0 Å². The first kappa shape index (κ1) is 12.7. The highest BCUT2D eigenvalue weighted by Gasteiger charge is 2.15. The molecule has 1 rings (SSSR count). The van der Waals surface area contributed by atoms with E-state index in [4.69, 9.17) is 5.11 Å². The van der Waals surface area contributed by atoms with Gasteiger partial charge in [-0.3, -0.25) is 4.79 Å². The summed E-state index contributed by atoms with van der Waals surface area (Å²) >= 11 is 2.84. The zero-order valence-electron chi connectivity index (χ0n) is 8.52. The van der Waals surface area contributed by atoms with E-state index in [1.807, 2.05) is 30.3 Å². The molecule has 0 aliphatic heterocycles. The van der Waals surface area contributed by atoms with Gasteiger partial charge in [0.1, 0.15) is 0 Å². The Morgan fingerprint density at radius 2 is 1.94 bits per heavy atom. The SMILES string of the molecule is O=C(CCc1ccccc1)N[C@@H](Br)C(=O)O. The van der Waals surface area contributed by atoms with Crippen molar-refractivity contribution >= 4 is 27.8 Å². The van der Waals surface area contributed by atoms with Crippen molar-refractivity contribution in [3.63, 3.8) is 0 Å². The van der Waals surface area contributed by atoms with E-state index in [0.717, 1.165) is 5.56 Å². The predicted molar refractivity (Wildman–Crippen MR) is 63.3 cm³/mol. The number of carbonyl (C=O) groups excluding carboxylic acids is 1. The number of aryl methyl sites for hydroxylation is 1. The Kier molecular flexibility index (Phi) is 4.98. The van der Waals surface area contributed by atoms with Crippen LogP contribution in [0.15, 0.2) is 30.3 Å². The molecule has 0 saturated carbocycles. The average molecular weight is 286 g/mol. The van der Waals surface area contributed by atoms with Gasteiger partial charge in [0.2, 0.25) is 5.91 Å². The number of rotatable bonds is 5. The van der Waals surface area contributed by atoms with Crippen LogP contribution in [0.25, 0.3) is 0 Å². The van der Waals surface area contributed by atoms with E-state index >= 15 is 0 Å². The molecule has 1 amide bonds. The van der Waals surface area contributed by atoms with Crippen LogP contribution in [0.2, 0.25) is 0 Å². The second-order valence-electron chi connectivity index (χ2n) is 3.25. The van der Waals surface area contributed by atoms with Crippen LogP contribution in [0.1, 0.15) is 12.0 Å². The number of carboxylic acids is 1. The van der Waals surface area contributed by atoms with Gasteiger partial charge in [0.05, 0.1) is 0 Å². The van der Waals surface area contributed by atoms with E-state index < -0.39 is 10.9 Å². The number of hydrogen-bond acceptors (Lipinski definition) is 2. The molecule has 1 aromatic carbocycles. The summed E-state index contributed by atoms with van der Waals surface area (Å²) in [5.41, 5.74) is 1.05.